The van der Waals surface area contributed by atoms with E-state index in [4.69, 9.17) is 4.74 Å². The minimum absolute atomic E-state index is 0.289. The highest BCUT2D eigenvalue weighted by atomic mass is 16.5. The Kier molecular flexibility index (Phi) is 1.08. The molecule has 2 nitrogen and oxygen atoms in total. The van der Waals surface area contributed by atoms with E-state index >= 15 is 0 Å². The molecule has 1 N–H and O–H groups in total. The molecule has 0 aromatic heterocycles. The first kappa shape index (κ1) is 5.69. The second kappa shape index (κ2) is 1.70. The van der Waals surface area contributed by atoms with E-state index in [0.29, 0.717) is 6.10 Å². The quantitative estimate of drug-likeness (QED) is 0.512. The van der Waals surface area contributed by atoms with Gasteiger partial charge in [-0.15, -0.1) is 0 Å². The zero-order chi connectivity index (χ0) is 6.32. The summed E-state index contributed by atoms with van der Waals surface area (Å²) in [6.45, 7) is 4.24. The van der Waals surface area contributed by atoms with Crippen LogP contribution in [0.15, 0.2) is 0 Å². The molecule has 1 aliphatic heterocycles. The largest absolute Gasteiger partial charge is 0.369 e. The zero-order valence-corrected chi connectivity index (χ0v) is 5.81. The third kappa shape index (κ3) is 0.970. The summed E-state index contributed by atoms with van der Waals surface area (Å²) in [6, 6.07) is 0. The topological polar surface area (TPSA) is 21.3 Å². The molecule has 1 heterocycles. The van der Waals surface area contributed by atoms with Crippen LogP contribution in [0.5, 0.6) is 0 Å². The lowest BCUT2D eigenvalue weighted by atomic mass is 10.2. The van der Waals surface area contributed by atoms with Crippen molar-refractivity contribution in [3.63, 3.8) is 0 Å². The van der Waals surface area contributed by atoms with E-state index in [2.05, 4.69) is 12.2 Å². The number of ether oxygens (including phenoxy) is 1. The number of nitrogens with one attached hydrogen (secondary N) is 1. The summed E-state index contributed by atoms with van der Waals surface area (Å²) in [7, 11) is 0. The van der Waals surface area contributed by atoms with E-state index in [-0.39, 0.29) is 5.60 Å². The minimum Gasteiger partial charge on any atom is -0.369 e. The number of rotatable bonds is 0. The maximum atomic E-state index is 5.72. The normalized spacial score (nSPS) is 39.0. The van der Waals surface area contributed by atoms with Crippen LogP contribution >= 0.6 is 0 Å². The lowest BCUT2D eigenvalue weighted by molar-refractivity contribution is -0.0448. The van der Waals surface area contributed by atoms with E-state index < -0.39 is 0 Å². The average molecular weight is 127 g/mol. The molecular formula is C7H13NO. The van der Waals surface area contributed by atoms with Crippen molar-refractivity contribution in [1.82, 2.24) is 5.32 Å². The van der Waals surface area contributed by atoms with E-state index in [1.165, 1.54) is 12.8 Å². The second-order valence-corrected chi connectivity index (χ2v) is 3.24. The molecular weight excluding hydrogens is 114 g/mol. The molecule has 1 spiro atoms. The molecule has 0 aromatic carbocycles. The molecule has 0 aromatic rings. The Labute approximate surface area is 55.6 Å². The summed E-state index contributed by atoms with van der Waals surface area (Å²) >= 11 is 0. The van der Waals surface area contributed by atoms with Crippen molar-refractivity contribution in [1.29, 1.82) is 0 Å². The van der Waals surface area contributed by atoms with Gasteiger partial charge in [0.15, 0.2) is 0 Å². The fourth-order valence-electron chi connectivity index (χ4n) is 1.45. The van der Waals surface area contributed by atoms with Gasteiger partial charge < -0.3 is 10.1 Å². The van der Waals surface area contributed by atoms with Gasteiger partial charge in [-0.1, -0.05) is 0 Å². The van der Waals surface area contributed by atoms with Crippen LogP contribution in [-0.2, 0) is 4.74 Å². The van der Waals surface area contributed by atoms with Crippen LogP contribution in [0.2, 0.25) is 0 Å². The zero-order valence-electron chi connectivity index (χ0n) is 5.81. The molecule has 1 atom stereocenters. The molecule has 2 rings (SSSR count). The third-order valence-corrected chi connectivity index (χ3v) is 2.14. The molecule has 2 fully saturated rings. The summed E-state index contributed by atoms with van der Waals surface area (Å²) in [5, 5.41) is 3.36. The number of hydrogen-bond donors (Lipinski definition) is 1. The van der Waals surface area contributed by atoms with E-state index in [1.54, 1.807) is 0 Å². The summed E-state index contributed by atoms with van der Waals surface area (Å²) in [5.74, 6) is 0. The molecule has 1 aliphatic carbocycles. The van der Waals surface area contributed by atoms with Crippen LogP contribution in [0.3, 0.4) is 0 Å². The fraction of sp³-hybridized carbons (Fsp3) is 1.00. The van der Waals surface area contributed by atoms with Gasteiger partial charge in [-0.2, -0.15) is 0 Å². The molecule has 52 valence electrons. The Hall–Kier alpha value is -0.0800. The highest BCUT2D eigenvalue weighted by Gasteiger charge is 2.46. The van der Waals surface area contributed by atoms with Crippen LogP contribution in [0, 0.1) is 0 Å². The van der Waals surface area contributed by atoms with Crippen LogP contribution in [-0.4, -0.2) is 24.8 Å². The smallest absolute Gasteiger partial charge is 0.0812 e. The summed E-state index contributed by atoms with van der Waals surface area (Å²) in [4.78, 5) is 0. The van der Waals surface area contributed by atoms with Crippen molar-refractivity contribution < 1.29 is 4.74 Å². The van der Waals surface area contributed by atoms with Crippen molar-refractivity contribution in [3.8, 4) is 0 Å². The summed E-state index contributed by atoms with van der Waals surface area (Å²) < 4.78 is 5.72. The van der Waals surface area contributed by atoms with Gasteiger partial charge in [-0.05, 0) is 19.8 Å². The van der Waals surface area contributed by atoms with Crippen molar-refractivity contribution in [2.75, 3.05) is 13.1 Å². The molecule has 0 unspecified atom stereocenters. The lowest BCUT2D eigenvalue weighted by Gasteiger charge is -2.28. The SMILES string of the molecule is C[C@@H]1CNCC2(CC2)O1. The van der Waals surface area contributed by atoms with E-state index in [0.717, 1.165) is 13.1 Å². The Morgan fingerprint density at radius 1 is 1.56 bits per heavy atom. The Morgan fingerprint density at radius 2 is 2.33 bits per heavy atom. The highest BCUT2D eigenvalue weighted by molar-refractivity contribution is 5.00. The lowest BCUT2D eigenvalue weighted by Crippen LogP contribution is -2.44. The van der Waals surface area contributed by atoms with Gasteiger partial charge >= 0.3 is 0 Å². The number of morpholine rings is 1. The van der Waals surface area contributed by atoms with Crippen molar-refractivity contribution >= 4 is 0 Å². The predicted octanol–water partition coefficient (Wildman–Crippen LogP) is 0.527. The van der Waals surface area contributed by atoms with Gasteiger partial charge in [0.2, 0.25) is 0 Å². The summed E-state index contributed by atoms with van der Waals surface area (Å²) in [5.41, 5.74) is 0.289. The van der Waals surface area contributed by atoms with Crippen LogP contribution in [0.1, 0.15) is 19.8 Å². The van der Waals surface area contributed by atoms with Gasteiger partial charge in [-0.3, -0.25) is 0 Å². The molecule has 9 heavy (non-hydrogen) atoms. The summed E-state index contributed by atoms with van der Waals surface area (Å²) in [6.07, 6.45) is 2.97. The van der Waals surface area contributed by atoms with E-state index in [9.17, 15) is 0 Å². The average Bonchev–Trinajstić information content (AvgIpc) is 2.49. The molecule has 0 radical (unpaired) electrons. The Balaban J connectivity index is 1.96. The molecule has 2 heteroatoms. The Morgan fingerprint density at radius 3 is 2.78 bits per heavy atom. The monoisotopic (exact) mass is 127 g/mol. The van der Waals surface area contributed by atoms with Crippen LogP contribution in [0.25, 0.3) is 0 Å². The van der Waals surface area contributed by atoms with Gasteiger partial charge in [0.1, 0.15) is 0 Å². The third-order valence-electron chi connectivity index (χ3n) is 2.14. The van der Waals surface area contributed by atoms with E-state index in [1.807, 2.05) is 0 Å². The van der Waals surface area contributed by atoms with Gasteiger partial charge in [0, 0.05) is 13.1 Å². The maximum absolute atomic E-state index is 5.72. The van der Waals surface area contributed by atoms with Crippen molar-refractivity contribution in [3.05, 3.63) is 0 Å². The molecule has 0 bridgehead atoms. The minimum atomic E-state index is 0.289. The first-order valence-electron chi connectivity index (χ1n) is 3.69. The van der Waals surface area contributed by atoms with Crippen LogP contribution in [0.4, 0.5) is 0 Å². The van der Waals surface area contributed by atoms with Crippen molar-refractivity contribution in [2.45, 2.75) is 31.5 Å². The van der Waals surface area contributed by atoms with Crippen LogP contribution < -0.4 is 5.32 Å². The van der Waals surface area contributed by atoms with Gasteiger partial charge in [0.05, 0.1) is 11.7 Å². The number of hydrogen-bond acceptors (Lipinski definition) is 2. The second-order valence-electron chi connectivity index (χ2n) is 3.24. The molecule has 0 amide bonds. The van der Waals surface area contributed by atoms with Gasteiger partial charge in [-0.25, -0.2) is 0 Å². The maximum Gasteiger partial charge on any atom is 0.0812 e. The molecule has 1 saturated carbocycles. The van der Waals surface area contributed by atoms with Gasteiger partial charge in [0.25, 0.3) is 0 Å². The molecule has 2 aliphatic rings. The first-order chi connectivity index (χ1) is 4.31. The Bertz CT molecular complexity index is 120. The standard InChI is InChI=1S/C7H13NO/c1-6-4-8-5-7(9-6)2-3-7/h6,8H,2-5H2,1H3/t6-/m1/s1. The molecule has 1 saturated heterocycles. The predicted molar refractivity (Wildman–Crippen MR) is 35.4 cm³/mol. The highest BCUT2D eigenvalue weighted by Crippen LogP contribution is 2.41. The fourth-order valence-corrected chi connectivity index (χ4v) is 1.45. The first-order valence-corrected chi connectivity index (χ1v) is 3.69. The van der Waals surface area contributed by atoms with Crippen molar-refractivity contribution in [2.24, 2.45) is 0 Å².